The number of halogens is 5. The van der Waals surface area contributed by atoms with E-state index in [9.17, 15) is 13.2 Å². The topological polar surface area (TPSA) is 16.1 Å². The lowest BCUT2D eigenvalue weighted by atomic mass is 9.91. The molecule has 1 aliphatic rings. The Morgan fingerprint density at radius 3 is 2.55 bits per heavy atom. The van der Waals surface area contributed by atoms with E-state index in [1.54, 1.807) is 0 Å². The largest absolute Gasteiger partial charge is 0.419 e. The minimum atomic E-state index is -4.39. The van der Waals surface area contributed by atoms with E-state index in [4.69, 9.17) is 0 Å². The van der Waals surface area contributed by atoms with Gasteiger partial charge < -0.3 is 4.90 Å². The average molecular weight is 416 g/mol. The van der Waals surface area contributed by atoms with Crippen LogP contribution in [0, 0.1) is 0 Å². The van der Waals surface area contributed by atoms with Gasteiger partial charge in [0.1, 0.15) is 5.82 Å². The Bertz CT molecular complexity index is 461. The van der Waals surface area contributed by atoms with Crippen LogP contribution in [0.4, 0.5) is 19.0 Å². The van der Waals surface area contributed by atoms with E-state index in [1.165, 1.54) is 6.20 Å². The fraction of sp³-hybridized carbons (Fsp3) is 0.615. The van der Waals surface area contributed by atoms with Gasteiger partial charge in [0.2, 0.25) is 0 Å². The van der Waals surface area contributed by atoms with Crippen LogP contribution in [0.3, 0.4) is 0 Å². The van der Waals surface area contributed by atoms with Gasteiger partial charge >= 0.3 is 6.18 Å². The van der Waals surface area contributed by atoms with Crippen molar-refractivity contribution in [3.63, 3.8) is 0 Å². The van der Waals surface area contributed by atoms with Crippen LogP contribution < -0.4 is 4.90 Å². The monoisotopic (exact) mass is 414 g/mol. The fourth-order valence-corrected chi connectivity index (χ4v) is 2.84. The lowest BCUT2D eigenvalue weighted by Crippen LogP contribution is -2.42. The average Bonchev–Trinajstić information content (AvgIpc) is 2.31. The maximum atomic E-state index is 13.2. The van der Waals surface area contributed by atoms with Gasteiger partial charge in [-0.25, -0.2) is 4.98 Å². The Balaban J connectivity index is 2.36. The first-order valence-corrected chi connectivity index (χ1v) is 8.40. The zero-order valence-electron chi connectivity index (χ0n) is 10.8. The Morgan fingerprint density at radius 2 is 2.05 bits per heavy atom. The molecule has 0 spiro atoms. The third-order valence-corrected chi connectivity index (χ3v) is 4.45. The second-order valence-corrected chi connectivity index (χ2v) is 6.55. The van der Waals surface area contributed by atoms with Crippen molar-refractivity contribution in [3.8, 4) is 0 Å². The summed E-state index contributed by atoms with van der Waals surface area (Å²) in [6.45, 7) is 0.591. The number of nitrogens with zero attached hydrogens (tertiary/aromatic N) is 2. The summed E-state index contributed by atoms with van der Waals surface area (Å²) >= 11 is 6.40. The van der Waals surface area contributed by atoms with Crippen molar-refractivity contribution in [2.24, 2.45) is 0 Å². The predicted octanol–water partition coefficient (Wildman–Crippen LogP) is 5.01. The van der Waals surface area contributed by atoms with E-state index < -0.39 is 11.7 Å². The molecule has 1 fully saturated rings. The molecule has 2 rings (SSSR count). The first-order chi connectivity index (χ1) is 9.43. The molecule has 2 nitrogen and oxygen atoms in total. The van der Waals surface area contributed by atoms with Crippen molar-refractivity contribution >= 4 is 37.7 Å². The van der Waals surface area contributed by atoms with Gasteiger partial charge in [0.05, 0.1) is 5.56 Å². The molecule has 0 radical (unpaired) electrons. The van der Waals surface area contributed by atoms with Gasteiger partial charge in [0, 0.05) is 28.6 Å². The zero-order valence-corrected chi connectivity index (χ0v) is 13.9. The minimum Gasteiger partial charge on any atom is -0.353 e. The maximum Gasteiger partial charge on any atom is 0.419 e. The van der Waals surface area contributed by atoms with Gasteiger partial charge in [-0.05, 0) is 47.7 Å². The first kappa shape index (κ1) is 16.1. The number of anilines is 1. The second kappa shape index (κ2) is 6.64. The SMILES string of the molecule is FC(F)(F)c1cc(Br)cnc1N(CCCBr)C1CCC1. The van der Waals surface area contributed by atoms with Crippen molar-refractivity contribution in [3.05, 3.63) is 22.3 Å². The number of hydrogen-bond acceptors (Lipinski definition) is 2. The molecular weight excluding hydrogens is 401 g/mol. The van der Waals surface area contributed by atoms with E-state index in [0.29, 0.717) is 11.0 Å². The lowest BCUT2D eigenvalue weighted by Gasteiger charge is -2.39. The highest BCUT2D eigenvalue weighted by Gasteiger charge is 2.38. The van der Waals surface area contributed by atoms with E-state index >= 15 is 0 Å². The molecule has 1 heterocycles. The molecule has 0 aromatic carbocycles. The molecule has 1 aromatic heterocycles. The van der Waals surface area contributed by atoms with Gasteiger partial charge in [-0.15, -0.1) is 0 Å². The molecule has 0 amide bonds. The summed E-state index contributed by atoms with van der Waals surface area (Å²) in [5, 5.41) is 0.772. The molecule has 1 aliphatic carbocycles. The molecular formula is C13H15Br2F3N2. The van der Waals surface area contributed by atoms with Crippen molar-refractivity contribution in [1.29, 1.82) is 0 Å². The molecule has 0 saturated heterocycles. The summed E-state index contributed by atoms with van der Waals surface area (Å²) in [5.74, 6) is 0.0614. The molecule has 0 unspecified atom stereocenters. The van der Waals surface area contributed by atoms with Crippen molar-refractivity contribution < 1.29 is 13.2 Å². The highest BCUT2D eigenvalue weighted by atomic mass is 79.9. The summed E-state index contributed by atoms with van der Waals surface area (Å²) < 4.78 is 39.9. The van der Waals surface area contributed by atoms with Gasteiger partial charge in [0.25, 0.3) is 0 Å². The highest BCUT2D eigenvalue weighted by molar-refractivity contribution is 9.10. The summed E-state index contributed by atoms with van der Waals surface area (Å²) in [6.07, 6.45) is 0.806. The number of alkyl halides is 4. The quantitative estimate of drug-likeness (QED) is 0.628. The maximum absolute atomic E-state index is 13.2. The van der Waals surface area contributed by atoms with Crippen LogP contribution in [0.2, 0.25) is 0 Å². The molecule has 0 atom stereocenters. The van der Waals surface area contributed by atoms with Crippen LogP contribution in [0.1, 0.15) is 31.2 Å². The zero-order chi connectivity index (χ0) is 14.8. The molecule has 0 aliphatic heterocycles. The Kier molecular flexibility index (Phi) is 5.34. The van der Waals surface area contributed by atoms with Gasteiger partial charge in [-0.3, -0.25) is 0 Å². The standard InChI is InChI=1S/C13H15Br2F3N2/c14-5-2-6-20(10-3-1-4-10)12-11(13(16,17)18)7-9(15)8-19-12/h7-8,10H,1-6H2. The van der Waals surface area contributed by atoms with E-state index in [-0.39, 0.29) is 11.9 Å². The van der Waals surface area contributed by atoms with Crippen LogP contribution in [0.5, 0.6) is 0 Å². The molecule has 20 heavy (non-hydrogen) atoms. The minimum absolute atomic E-state index is 0.0614. The molecule has 0 N–H and O–H groups in total. The summed E-state index contributed by atoms with van der Waals surface area (Å²) in [4.78, 5) is 5.86. The second-order valence-electron chi connectivity index (χ2n) is 4.84. The number of hydrogen-bond donors (Lipinski definition) is 0. The van der Waals surface area contributed by atoms with Crippen LogP contribution in [-0.4, -0.2) is 22.9 Å². The smallest absolute Gasteiger partial charge is 0.353 e. The lowest BCUT2D eigenvalue weighted by molar-refractivity contribution is -0.137. The first-order valence-electron chi connectivity index (χ1n) is 6.49. The van der Waals surface area contributed by atoms with Crippen molar-refractivity contribution in [1.82, 2.24) is 4.98 Å². The van der Waals surface area contributed by atoms with Crippen LogP contribution >= 0.6 is 31.9 Å². The molecule has 0 bridgehead atoms. The van der Waals surface area contributed by atoms with E-state index in [1.807, 2.05) is 4.90 Å². The van der Waals surface area contributed by atoms with E-state index in [0.717, 1.165) is 37.1 Å². The number of pyridine rings is 1. The fourth-order valence-electron chi connectivity index (χ4n) is 2.26. The normalized spacial score (nSPS) is 16.1. The van der Waals surface area contributed by atoms with Crippen LogP contribution in [-0.2, 0) is 6.18 Å². The molecule has 1 aromatic rings. The number of aromatic nitrogens is 1. The van der Waals surface area contributed by atoms with Gasteiger partial charge in [-0.1, -0.05) is 15.9 Å². The Hall–Kier alpha value is -0.300. The Morgan fingerprint density at radius 1 is 1.35 bits per heavy atom. The summed E-state index contributed by atoms with van der Waals surface area (Å²) in [5.41, 5.74) is -0.659. The predicted molar refractivity (Wildman–Crippen MR) is 80.3 cm³/mol. The molecule has 7 heteroatoms. The highest BCUT2D eigenvalue weighted by Crippen LogP contribution is 2.39. The Labute approximate surface area is 133 Å². The van der Waals surface area contributed by atoms with Crippen molar-refractivity contribution in [2.45, 2.75) is 37.9 Å². The number of rotatable bonds is 5. The van der Waals surface area contributed by atoms with E-state index in [2.05, 4.69) is 36.8 Å². The summed E-state index contributed by atoms with van der Waals surface area (Å²) in [7, 11) is 0. The van der Waals surface area contributed by atoms with Crippen LogP contribution in [0.25, 0.3) is 0 Å². The third kappa shape index (κ3) is 3.67. The van der Waals surface area contributed by atoms with Crippen molar-refractivity contribution in [2.75, 3.05) is 16.8 Å². The van der Waals surface area contributed by atoms with Gasteiger partial charge in [0.15, 0.2) is 0 Å². The molecule has 1 saturated carbocycles. The molecule has 112 valence electrons. The van der Waals surface area contributed by atoms with Gasteiger partial charge in [-0.2, -0.15) is 13.2 Å². The third-order valence-electron chi connectivity index (χ3n) is 3.46. The summed E-state index contributed by atoms with van der Waals surface area (Å²) in [6, 6.07) is 1.30. The van der Waals surface area contributed by atoms with Crippen LogP contribution in [0.15, 0.2) is 16.7 Å².